The van der Waals surface area contributed by atoms with Crippen LogP contribution in [0, 0.1) is 13.3 Å². The van der Waals surface area contributed by atoms with E-state index in [4.69, 9.17) is 4.74 Å². The molecule has 0 spiro atoms. The largest absolute Gasteiger partial charge is 0.466 e. The molecule has 1 radical (unpaired) electrons. The number of benzene rings is 2. The third kappa shape index (κ3) is 3.58. The molecule has 2 heteroatoms. The minimum absolute atomic E-state index is 0.336. The fraction of sp³-hybridized carbons (Fsp3) is 0.111. The molecule has 0 heterocycles. The number of rotatable bonds is 4. The molecule has 0 unspecified atom stereocenters. The molecule has 2 rings (SSSR count). The van der Waals surface area contributed by atoms with Gasteiger partial charge in [-0.15, -0.1) is 0 Å². The second-order valence-corrected chi connectivity index (χ2v) is 4.50. The van der Waals surface area contributed by atoms with Gasteiger partial charge in [0.05, 0.1) is 7.11 Å². The summed E-state index contributed by atoms with van der Waals surface area (Å²) in [6.45, 7) is 2.02. The SMILES string of the molecule is COC(=O)/C([CH]c1ccccc1)=C/c1ccccc1C. The van der Waals surface area contributed by atoms with Gasteiger partial charge in [-0.3, -0.25) is 0 Å². The van der Waals surface area contributed by atoms with Gasteiger partial charge in [0.15, 0.2) is 0 Å². The van der Waals surface area contributed by atoms with Gasteiger partial charge in [-0.05, 0) is 29.7 Å². The molecule has 0 aliphatic heterocycles. The van der Waals surface area contributed by atoms with Crippen LogP contribution in [0.2, 0.25) is 0 Å². The average Bonchev–Trinajstić information content (AvgIpc) is 2.49. The third-order valence-electron chi connectivity index (χ3n) is 3.04. The molecule has 0 aromatic heterocycles. The van der Waals surface area contributed by atoms with Crippen molar-refractivity contribution in [2.45, 2.75) is 6.92 Å². The van der Waals surface area contributed by atoms with Crippen LogP contribution in [0.3, 0.4) is 0 Å². The summed E-state index contributed by atoms with van der Waals surface area (Å²) in [5.74, 6) is -0.336. The van der Waals surface area contributed by atoms with E-state index in [-0.39, 0.29) is 5.97 Å². The lowest BCUT2D eigenvalue weighted by molar-refractivity contribution is -0.135. The van der Waals surface area contributed by atoms with Gasteiger partial charge in [-0.2, -0.15) is 0 Å². The molecule has 0 atom stereocenters. The van der Waals surface area contributed by atoms with E-state index in [0.29, 0.717) is 5.57 Å². The molecule has 0 aliphatic rings. The van der Waals surface area contributed by atoms with Crippen LogP contribution in [0.4, 0.5) is 0 Å². The van der Waals surface area contributed by atoms with Crippen LogP contribution >= 0.6 is 0 Å². The zero-order valence-electron chi connectivity index (χ0n) is 11.7. The summed E-state index contributed by atoms with van der Waals surface area (Å²) in [4.78, 5) is 11.9. The standard InChI is InChI=1S/C18H17O2/c1-14-8-6-7-11-16(14)13-17(18(19)20-2)12-15-9-4-3-5-10-15/h3-13H,1-2H3/b17-13+. The Hall–Kier alpha value is -2.35. The molecule has 2 aromatic rings. The van der Waals surface area contributed by atoms with Crippen LogP contribution < -0.4 is 0 Å². The van der Waals surface area contributed by atoms with Crippen molar-refractivity contribution >= 4 is 12.0 Å². The fourth-order valence-electron chi connectivity index (χ4n) is 1.92. The Morgan fingerprint density at radius 1 is 1.00 bits per heavy atom. The maximum atomic E-state index is 11.9. The lowest BCUT2D eigenvalue weighted by Gasteiger charge is -2.07. The van der Waals surface area contributed by atoms with Crippen molar-refractivity contribution in [1.82, 2.24) is 0 Å². The summed E-state index contributed by atoms with van der Waals surface area (Å²) in [6, 6.07) is 17.7. The van der Waals surface area contributed by atoms with E-state index < -0.39 is 0 Å². The van der Waals surface area contributed by atoms with E-state index >= 15 is 0 Å². The van der Waals surface area contributed by atoms with Gasteiger partial charge >= 0.3 is 5.97 Å². The van der Waals surface area contributed by atoms with Crippen LogP contribution in [0.1, 0.15) is 16.7 Å². The van der Waals surface area contributed by atoms with E-state index in [1.54, 1.807) is 0 Å². The topological polar surface area (TPSA) is 26.3 Å². The highest BCUT2D eigenvalue weighted by molar-refractivity contribution is 5.97. The summed E-state index contributed by atoms with van der Waals surface area (Å²) in [7, 11) is 1.40. The molecule has 20 heavy (non-hydrogen) atoms. The van der Waals surface area contributed by atoms with Crippen molar-refractivity contribution in [1.29, 1.82) is 0 Å². The molecular formula is C18H17O2. The minimum Gasteiger partial charge on any atom is -0.466 e. The highest BCUT2D eigenvalue weighted by atomic mass is 16.5. The van der Waals surface area contributed by atoms with Crippen molar-refractivity contribution in [3.8, 4) is 0 Å². The predicted octanol–water partition coefficient (Wildman–Crippen LogP) is 3.80. The Morgan fingerprint density at radius 3 is 2.30 bits per heavy atom. The van der Waals surface area contributed by atoms with Gasteiger partial charge < -0.3 is 4.74 Å². The zero-order chi connectivity index (χ0) is 14.4. The maximum absolute atomic E-state index is 11.9. The Labute approximate surface area is 119 Å². The van der Waals surface area contributed by atoms with Gasteiger partial charge in [-0.25, -0.2) is 4.79 Å². The number of carbonyl (C=O) groups excluding carboxylic acids is 1. The monoisotopic (exact) mass is 265 g/mol. The molecule has 101 valence electrons. The Balaban J connectivity index is 2.33. The molecule has 0 amide bonds. The summed E-state index contributed by atoms with van der Waals surface area (Å²) in [5.41, 5.74) is 3.64. The van der Waals surface area contributed by atoms with Crippen LogP contribution in [0.5, 0.6) is 0 Å². The predicted molar refractivity (Wildman–Crippen MR) is 81.0 cm³/mol. The molecule has 0 N–H and O–H groups in total. The van der Waals surface area contributed by atoms with Crippen molar-refractivity contribution in [2.24, 2.45) is 0 Å². The number of ether oxygens (including phenoxy) is 1. The number of carbonyl (C=O) groups is 1. The second-order valence-electron chi connectivity index (χ2n) is 4.50. The summed E-state index contributed by atoms with van der Waals surface area (Å²) in [6.07, 6.45) is 3.69. The quantitative estimate of drug-likeness (QED) is 0.621. The van der Waals surface area contributed by atoms with E-state index in [9.17, 15) is 4.79 Å². The Morgan fingerprint density at radius 2 is 1.65 bits per heavy atom. The number of esters is 1. The molecule has 0 saturated carbocycles. The van der Waals surface area contributed by atoms with Crippen molar-refractivity contribution in [3.05, 3.63) is 83.3 Å². The van der Waals surface area contributed by atoms with Crippen molar-refractivity contribution in [3.63, 3.8) is 0 Å². The molecule has 0 fully saturated rings. The van der Waals surface area contributed by atoms with Crippen LogP contribution in [-0.4, -0.2) is 13.1 Å². The first-order valence-electron chi connectivity index (χ1n) is 6.46. The fourth-order valence-corrected chi connectivity index (χ4v) is 1.92. The first-order valence-corrected chi connectivity index (χ1v) is 6.46. The summed E-state index contributed by atoms with van der Waals surface area (Å²) in [5, 5.41) is 0. The first-order chi connectivity index (χ1) is 9.70. The lowest BCUT2D eigenvalue weighted by atomic mass is 10.0. The normalized spacial score (nSPS) is 11.2. The van der Waals surface area contributed by atoms with Crippen LogP contribution in [0.25, 0.3) is 6.08 Å². The van der Waals surface area contributed by atoms with Crippen molar-refractivity contribution in [2.75, 3.05) is 7.11 Å². The van der Waals surface area contributed by atoms with Crippen LogP contribution in [0.15, 0.2) is 60.2 Å². The Kier molecular flexibility index (Phi) is 4.72. The van der Waals surface area contributed by atoms with E-state index in [0.717, 1.165) is 16.7 Å². The second kappa shape index (κ2) is 6.71. The Bertz CT molecular complexity index is 612. The van der Waals surface area contributed by atoms with Gasteiger partial charge in [0, 0.05) is 12.0 Å². The van der Waals surface area contributed by atoms with Crippen molar-refractivity contribution < 1.29 is 9.53 Å². The molecule has 2 aromatic carbocycles. The highest BCUT2D eigenvalue weighted by Gasteiger charge is 2.11. The smallest absolute Gasteiger partial charge is 0.334 e. The summed E-state index contributed by atoms with van der Waals surface area (Å²) < 4.78 is 4.86. The number of methoxy groups -OCH3 is 1. The van der Waals surface area contributed by atoms with E-state index in [2.05, 4.69) is 0 Å². The molecule has 0 saturated heterocycles. The number of hydrogen-bond donors (Lipinski definition) is 0. The zero-order valence-corrected chi connectivity index (χ0v) is 11.7. The number of aryl methyl sites for hydroxylation is 1. The summed E-state index contributed by atoms with van der Waals surface area (Å²) >= 11 is 0. The lowest BCUT2D eigenvalue weighted by Crippen LogP contribution is -2.06. The van der Waals surface area contributed by atoms with Gasteiger partial charge in [0.2, 0.25) is 0 Å². The molecule has 0 aliphatic carbocycles. The third-order valence-corrected chi connectivity index (χ3v) is 3.04. The van der Waals surface area contributed by atoms with Gasteiger partial charge in [0.25, 0.3) is 0 Å². The maximum Gasteiger partial charge on any atom is 0.334 e. The molecule has 2 nitrogen and oxygen atoms in total. The van der Waals surface area contributed by atoms with Gasteiger partial charge in [-0.1, -0.05) is 54.6 Å². The van der Waals surface area contributed by atoms with Gasteiger partial charge in [0.1, 0.15) is 0 Å². The average molecular weight is 265 g/mol. The molecule has 0 bridgehead atoms. The van der Waals surface area contributed by atoms with Crippen LogP contribution in [-0.2, 0) is 9.53 Å². The minimum atomic E-state index is -0.336. The molecular weight excluding hydrogens is 248 g/mol. The van der Waals surface area contributed by atoms with E-state index in [1.165, 1.54) is 7.11 Å². The first kappa shape index (κ1) is 14.1. The highest BCUT2D eigenvalue weighted by Crippen LogP contribution is 2.18. The number of hydrogen-bond acceptors (Lipinski definition) is 2. The van der Waals surface area contributed by atoms with E-state index in [1.807, 2.05) is 74.0 Å².